The molecule has 206 valence electrons. The van der Waals surface area contributed by atoms with Crippen LogP contribution in [0, 0.1) is 10.1 Å². The van der Waals surface area contributed by atoms with Gasteiger partial charge in [0.1, 0.15) is 30.0 Å². The van der Waals surface area contributed by atoms with E-state index in [1.807, 2.05) is 91.0 Å². The molecule has 4 aromatic carbocycles. The zero-order valence-electron chi connectivity index (χ0n) is 21.4. The molecule has 0 amide bonds. The van der Waals surface area contributed by atoms with Crippen molar-refractivity contribution in [2.24, 2.45) is 0 Å². The monoisotopic (exact) mass is 543 g/mol. The highest BCUT2D eigenvalue weighted by molar-refractivity contribution is 5.48. The number of para-hydroxylation sites is 2. The molecule has 4 aromatic rings. The lowest BCUT2D eigenvalue weighted by molar-refractivity contribution is -0.387. The third-order valence-electron chi connectivity index (χ3n) is 6.98. The third-order valence-corrected chi connectivity index (χ3v) is 6.98. The van der Waals surface area contributed by atoms with E-state index in [1.54, 1.807) is 0 Å². The van der Waals surface area contributed by atoms with Crippen LogP contribution >= 0.6 is 0 Å². The SMILES string of the molecule is O=[N+]([O-])c1ccccc1OC1OC(COC(c2ccccc2)(c2ccccc2)c2ccccc2)C(O)C(O)C1O. The number of nitro groups is 1. The minimum absolute atomic E-state index is 0.146. The maximum absolute atomic E-state index is 11.5. The topological polar surface area (TPSA) is 132 Å². The van der Waals surface area contributed by atoms with Gasteiger partial charge in [0.2, 0.25) is 6.29 Å². The average Bonchev–Trinajstić information content (AvgIpc) is 3.00. The second-order valence-electron chi connectivity index (χ2n) is 9.45. The summed E-state index contributed by atoms with van der Waals surface area (Å²) in [7, 11) is 0. The molecule has 5 unspecified atom stereocenters. The Balaban J connectivity index is 1.49. The number of rotatable bonds is 9. The quantitative estimate of drug-likeness (QED) is 0.165. The largest absolute Gasteiger partial charge is 0.455 e. The van der Waals surface area contributed by atoms with Crippen LogP contribution in [0.2, 0.25) is 0 Å². The van der Waals surface area contributed by atoms with Crippen LogP contribution in [0.15, 0.2) is 115 Å². The van der Waals surface area contributed by atoms with Gasteiger partial charge in [0, 0.05) is 6.07 Å². The molecular weight excluding hydrogens is 514 g/mol. The summed E-state index contributed by atoms with van der Waals surface area (Å²) in [6.45, 7) is -0.222. The summed E-state index contributed by atoms with van der Waals surface area (Å²) >= 11 is 0. The van der Waals surface area contributed by atoms with Gasteiger partial charge in [-0.25, -0.2) is 0 Å². The highest BCUT2D eigenvalue weighted by Crippen LogP contribution is 2.41. The summed E-state index contributed by atoms with van der Waals surface area (Å²) in [4.78, 5) is 10.8. The van der Waals surface area contributed by atoms with Crippen LogP contribution in [0.25, 0.3) is 0 Å². The van der Waals surface area contributed by atoms with Crippen LogP contribution in [0.4, 0.5) is 5.69 Å². The van der Waals surface area contributed by atoms with Crippen LogP contribution in [-0.4, -0.2) is 57.6 Å². The standard InChI is InChI=1S/C31H29NO8/c33-27-26(40-30(29(35)28(27)34)39-25-19-11-10-18-24(25)32(36)37)20-38-31(21-12-4-1-5-13-21,22-14-6-2-7-15-22)23-16-8-3-9-17-23/h1-19,26-30,33-35H,20H2. The van der Waals surface area contributed by atoms with Gasteiger partial charge in [-0.1, -0.05) is 103 Å². The molecule has 0 saturated carbocycles. The van der Waals surface area contributed by atoms with Gasteiger partial charge < -0.3 is 29.5 Å². The molecule has 0 bridgehead atoms. The number of benzene rings is 4. The Labute approximate surface area is 231 Å². The molecular formula is C31H29NO8. The zero-order chi connectivity index (χ0) is 28.1. The molecule has 0 aliphatic carbocycles. The first-order valence-corrected chi connectivity index (χ1v) is 12.8. The predicted octanol–water partition coefficient (Wildman–Crippen LogP) is 3.79. The fraction of sp³-hybridized carbons (Fsp3) is 0.226. The third kappa shape index (κ3) is 5.33. The van der Waals surface area contributed by atoms with Crippen LogP contribution in [-0.2, 0) is 15.1 Å². The van der Waals surface area contributed by atoms with Crippen LogP contribution in [0.3, 0.4) is 0 Å². The molecule has 5 atom stereocenters. The summed E-state index contributed by atoms with van der Waals surface area (Å²) in [6.07, 6.45) is -7.52. The van der Waals surface area contributed by atoms with Gasteiger partial charge in [-0.3, -0.25) is 10.1 Å². The van der Waals surface area contributed by atoms with Gasteiger partial charge >= 0.3 is 5.69 Å². The first-order valence-electron chi connectivity index (χ1n) is 12.8. The van der Waals surface area contributed by atoms with Crippen molar-refractivity contribution in [3.8, 4) is 5.75 Å². The van der Waals surface area contributed by atoms with Gasteiger partial charge in [-0.2, -0.15) is 0 Å². The molecule has 0 radical (unpaired) electrons. The van der Waals surface area contributed by atoms with Crippen molar-refractivity contribution in [1.29, 1.82) is 0 Å². The first kappa shape index (κ1) is 27.4. The molecule has 0 aromatic heterocycles. The lowest BCUT2D eigenvalue weighted by Crippen LogP contribution is -2.60. The summed E-state index contributed by atoms with van der Waals surface area (Å²) in [5, 5.41) is 43.6. The Morgan fingerprint density at radius 2 is 1.18 bits per heavy atom. The van der Waals surface area contributed by atoms with E-state index in [2.05, 4.69) is 0 Å². The number of hydrogen-bond acceptors (Lipinski definition) is 8. The van der Waals surface area contributed by atoms with Gasteiger partial charge in [-0.15, -0.1) is 0 Å². The summed E-state index contributed by atoms with van der Waals surface area (Å²) in [5.74, 6) is -0.146. The average molecular weight is 544 g/mol. The van der Waals surface area contributed by atoms with Crippen molar-refractivity contribution >= 4 is 5.69 Å². The Kier molecular flexibility index (Phi) is 8.20. The predicted molar refractivity (Wildman–Crippen MR) is 146 cm³/mol. The summed E-state index contributed by atoms with van der Waals surface area (Å²) in [6, 6.07) is 34.4. The fourth-order valence-corrected chi connectivity index (χ4v) is 4.96. The van der Waals surface area contributed by atoms with Gasteiger partial charge in [0.25, 0.3) is 0 Å². The molecule has 40 heavy (non-hydrogen) atoms. The van der Waals surface area contributed by atoms with Crippen molar-refractivity contribution in [3.63, 3.8) is 0 Å². The normalized spacial score (nSPS) is 22.9. The summed E-state index contributed by atoms with van der Waals surface area (Å²) in [5.41, 5.74) is 1.02. The van der Waals surface area contributed by atoms with Crippen molar-refractivity contribution in [1.82, 2.24) is 0 Å². The molecule has 9 nitrogen and oxygen atoms in total. The van der Waals surface area contributed by atoms with E-state index < -0.39 is 41.2 Å². The van der Waals surface area contributed by atoms with Crippen LogP contribution < -0.4 is 4.74 Å². The second-order valence-corrected chi connectivity index (χ2v) is 9.45. The first-order chi connectivity index (χ1) is 19.4. The molecule has 1 heterocycles. The maximum atomic E-state index is 11.5. The van der Waals surface area contributed by atoms with Crippen LogP contribution in [0.1, 0.15) is 16.7 Å². The van der Waals surface area contributed by atoms with Gasteiger partial charge in [0.15, 0.2) is 5.75 Å². The Hall–Kier alpha value is -4.12. The Morgan fingerprint density at radius 1 is 0.700 bits per heavy atom. The second kappa shape index (κ2) is 12.0. The Morgan fingerprint density at radius 3 is 1.68 bits per heavy atom. The van der Waals surface area contributed by atoms with Gasteiger partial charge in [-0.05, 0) is 22.8 Å². The van der Waals surface area contributed by atoms with Crippen molar-refractivity contribution < 1.29 is 34.5 Å². The van der Waals surface area contributed by atoms with E-state index in [0.717, 1.165) is 16.7 Å². The minimum Gasteiger partial charge on any atom is -0.455 e. The van der Waals surface area contributed by atoms with E-state index in [9.17, 15) is 25.4 Å². The molecule has 3 N–H and O–H groups in total. The summed E-state index contributed by atoms with van der Waals surface area (Å²) < 4.78 is 18.2. The highest BCUT2D eigenvalue weighted by atomic mass is 16.7. The van der Waals surface area contributed by atoms with Crippen molar-refractivity contribution in [2.45, 2.75) is 36.3 Å². The number of nitro benzene ring substituents is 1. The number of hydrogen-bond donors (Lipinski definition) is 3. The van der Waals surface area contributed by atoms with Crippen molar-refractivity contribution in [2.75, 3.05) is 6.61 Å². The number of aliphatic hydroxyl groups is 3. The van der Waals surface area contributed by atoms with E-state index >= 15 is 0 Å². The number of aliphatic hydroxyl groups excluding tert-OH is 3. The van der Waals surface area contributed by atoms with E-state index in [4.69, 9.17) is 14.2 Å². The minimum atomic E-state index is -1.67. The molecule has 0 spiro atoms. The molecule has 1 saturated heterocycles. The molecule has 1 aliphatic heterocycles. The van der Waals surface area contributed by atoms with E-state index in [1.165, 1.54) is 24.3 Å². The maximum Gasteiger partial charge on any atom is 0.311 e. The zero-order valence-corrected chi connectivity index (χ0v) is 21.4. The van der Waals surface area contributed by atoms with Crippen LogP contribution in [0.5, 0.6) is 5.75 Å². The highest BCUT2D eigenvalue weighted by Gasteiger charge is 2.47. The molecule has 9 heteroatoms. The lowest BCUT2D eigenvalue weighted by atomic mass is 9.80. The van der Waals surface area contributed by atoms with Gasteiger partial charge in [0.05, 0.1) is 11.5 Å². The number of nitrogens with zero attached hydrogens (tertiary/aromatic N) is 1. The van der Waals surface area contributed by atoms with Crippen molar-refractivity contribution in [3.05, 3.63) is 142 Å². The van der Waals surface area contributed by atoms with E-state index in [0.29, 0.717) is 0 Å². The molecule has 5 rings (SSSR count). The smallest absolute Gasteiger partial charge is 0.311 e. The fourth-order valence-electron chi connectivity index (χ4n) is 4.96. The molecule has 1 fully saturated rings. The van der Waals surface area contributed by atoms with E-state index in [-0.39, 0.29) is 18.0 Å². The lowest BCUT2D eigenvalue weighted by Gasteiger charge is -2.42. The molecule has 1 aliphatic rings. The Bertz CT molecular complexity index is 1310. The number of ether oxygens (including phenoxy) is 3.